The molecule has 1 fully saturated rings. The molecule has 0 saturated carbocycles. The van der Waals surface area contributed by atoms with Crippen LogP contribution in [0.3, 0.4) is 0 Å². The van der Waals surface area contributed by atoms with Gasteiger partial charge in [-0.3, -0.25) is 0 Å². The van der Waals surface area contributed by atoms with Gasteiger partial charge in [0.15, 0.2) is 5.82 Å². The van der Waals surface area contributed by atoms with E-state index in [0.29, 0.717) is 42.2 Å². The van der Waals surface area contributed by atoms with Crippen molar-refractivity contribution in [2.75, 3.05) is 13.1 Å². The van der Waals surface area contributed by atoms with Crippen LogP contribution in [0.2, 0.25) is 5.02 Å². The molecule has 162 valence electrons. The highest BCUT2D eigenvalue weighted by Gasteiger charge is 2.28. The van der Waals surface area contributed by atoms with Gasteiger partial charge in [0.2, 0.25) is 0 Å². The summed E-state index contributed by atoms with van der Waals surface area (Å²) >= 11 is 5.78. The average molecular weight is 439 g/mol. The molecule has 0 aliphatic carbocycles. The standard InChI is InChI=1S/C22H25ClF2N2O3/c1-22(2,3)30-21(28)27-10-8-17(9-11-27)29-20-18(24)7-6-16(26-20)12-14-4-5-15(23)13-19(14)25/h4-7,13,17H,8-12H2,1-3H3. The molecule has 1 saturated heterocycles. The van der Waals surface area contributed by atoms with Crippen LogP contribution in [0, 0.1) is 11.6 Å². The number of nitrogens with zero attached hydrogens (tertiary/aromatic N) is 2. The van der Waals surface area contributed by atoms with Gasteiger partial charge >= 0.3 is 6.09 Å². The third-order valence-electron chi connectivity index (χ3n) is 4.63. The molecule has 1 amide bonds. The lowest BCUT2D eigenvalue weighted by Gasteiger charge is -2.33. The molecular formula is C22H25ClF2N2O3. The molecule has 0 unspecified atom stereocenters. The first-order valence-electron chi connectivity index (χ1n) is 9.84. The molecule has 1 aliphatic heterocycles. The van der Waals surface area contributed by atoms with Gasteiger partial charge in [0.25, 0.3) is 5.88 Å². The molecule has 5 nitrogen and oxygen atoms in total. The molecule has 0 spiro atoms. The number of likely N-dealkylation sites (tertiary alicyclic amines) is 1. The fraction of sp³-hybridized carbons (Fsp3) is 0.455. The predicted octanol–water partition coefficient (Wildman–Crippen LogP) is 5.38. The van der Waals surface area contributed by atoms with Crippen LogP contribution in [0.5, 0.6) is 5.88 Å². The number of carbonyl (C=O) groups is 1. The maximum atomic E-state index is 14.2. The Bertz CT molecular complexity index is 910. The zero-order valence-corrected chi connectivity index (χ0v) is 18.0. The van der Waals surface area contributed by atoms with E-state index >= 15 is 0 Å². The van der Waals surface area contributed by atoms with Crippen molar-refractivity contribution in [2.45, 2.75) is 51.7 Å². The molecule has 0 atom stereocenters. The monoisotopic (exact) mass is 438 g/mol. The van der Waals surface area contributed by atoms with E-state index in [-0.39, 0.29) is 24.5 Å². The molecule has 8 heteroatoms. The average Bonchev–Trinajstić information content (AvgIpc) is 2.66. The molecule has 30 heavy (non-hydrogen) atoms. The van der Waals surface area contributed by atoms with Crippen LogP contribution in [-0.4, -0.2) is 40.8 Å². The summed E-state index contributed by atoms with van der Waals surface area (Å²) in [4.78, 5) is 18.0. The van der Waals surface area contributed by atoms with Crippen LogP contribution in [0.1, 0.15) is 44.9 Å². The van der Waals surface area contributed by atoms with Crippen molar-refractivity contribution in [1.29, 1.82) is 0 Å². The van der Waals surface area contributed by atoms with Gasteiger partial charge in [0.05, 0.1) is 0 Å². The Kier molecular flexibility index (Phi) is 6.81. The fourth-order valence-corrected chi connectivity index (χ4v) is 3.30. The summed E-state index contributed by atoms with van der Waals surface area (Å²) in [7, 11) is 0. The van der Waals surface area contributed by atoms with E-state index in [1.54, 1.807) is 17.0 Å². The lowest BCUT2D eigenvalue weighted by molar-refractivity contribution is 0.0119. The van der Waals surface area contributed by atoms with E-state index in [9.17, 15) is 13.6 Å². The lowest BCUT2D eigenvalue weighted by Crippen LogP contribution is -2.44. The van der Waals surface area contributed by atoms with Crippen LogP contribution < -0.4 is 4.74 Å². The van der Waals surface area contributed by atoms with E-state index in [0.717, 1.165) is 0 Å². The Balaban J connectivity index is 1.61. The molecule has 3 rings (SSSR count). The molecule has 2 aromatic rings. The van der Waals surface area contributed by atoms with E-state index in [1.165, 1.54) is 18.2 Å². The van der Waals surface area contributed by atoms with Crippen molar-refractivity contribution in [2.24, 2.45) is 0 Å². The lowest BCUT2D eigenvalue weighted by atomic mass is 10.1. The molecular weight excluding hydrogens is 414 g/mol. The minimum atomic E-state index is -0.579. The largest absolute Gasteiger partial charge is 0.472 e. The highest BCUT2D eigenvalue weighted by Crippen LogP contribution is 2.24. The SMILES string of the molecule is CC(C)(C)OC(=O)N1CCC(Oc2nc(Cc3ccc(Cl)cc3F)ccc2F)CC1. The van der Waals surface area contributed by atoms with Gasteiger partial charge < -0.3 is 14.4 Å². The minimum Gasteiger partial charge on any atom is -0.472 e. The normalized spacial score (nSPS) is 15.2. The van der Waals surface area contributed by atoms with Gasteiger partial charge in [-0.15, -0.1) is 0 Å². The summed E-state index contributed by atoms with van der Waals surface area (Å²) in [6, 6.07) is 7.17. The van der Waals surface area contributed by atoms with Crippen LogP contribution in [0.25, 0.3) is 0 Å². The zero-order chi connectivity index (χ0) is 21.9. The smallest absolute Gasteiger partial charge is 0.410 e. The second-order valence-electron chi connectivity index (χ2n) is 8.29. The Morgan fingerprint density at radius 1 is 1.17 bits per heavy atom. The number of aromatic nitrogens is 1. The number of carbonyl (C=O) groups excluding carboxylic acids is 1. The maximum absolute atomic E-state index is 14.2. The summed E-state index contributed by atoms with van der Waals surface area (Å²) in [5.74, 6) is -1.13. The topological polar surface area (TPSA) is 51.7 Å². The molecule has 0 radical (unpaired) electrons. The van der Waals surface area contributed by atoms with Crippen molar-refractivity contribution >= 4 is 17.7 Å². The molecule has 2 heterocycles. The fourth-order valence-electron chi connectivity index (χ4n) is 3.14. The molecule has 1 aromatic carbocycles. The number of hydrogen-bond donors (Lipinski definition) is 0. The molecule has 1 aliphatic rings. The first kappa shape index (κ1) is 22.3. The quantitative estimate of drug-likeness (QED) is 0.642. The van der Waals surface area contributed by atoms with Crippen molar-refractivity contribution in [1.82, 2.24) is 9.88 Å². The number of amides is 1. The van der Waals surface area contributed by atoms with E-state index in [1.807, 2.05) is 20.8 Å². The number of piperidine rings is 1. The van der Waals surface area contributed by atoms with Gasteiger partial charge in [-0.05, 0) is 50.6 Å². The maximum Gasteiger partial charge on any atom is 0.410 e. The van der Waals surface area contributed by atoms with Gasteiger partial charge in [-0.25, -0.2) is 18.6 Å². The van der Waals surface area contributed by atoms with Crippen molar-refractivity contribution in [3.8, 4) is 5.88 Å². The predicted molar refractivity (Wildman–Crippen MR) is 110 cm³/mol. The number of benzene rings is 1. The third-order valence-corrected chi connectivity index (χ3v) is 4.87. The number of hydrogen-bond acceptors (Lipinski definition) is 4. The minimum absolute atomic E-state index is 0.113. The Labute approximate surface area is 179 Å². The Morgan fingerprint density at radius 2 is 1.87 bits per heavy atom. The Morgan fingerprint density at radius 3 is 2.50 bits per heavy atom. The van der Waals surface area contributed by atoms with E-state index in [2.05, 4.69) is 4.98 Å². The van der Waals surface area contributed by atoms with Crippen molar-refractivity contribution < 1.29 is 23.0 Å². The first-order chi connectivity index (χ1) is 14.1. The number of rotatable bonds is 4. The highest BCUT2D eigenvalue weighted by atomic mass is 35.5. The zero-order valence-electron chi connectivity index (χ0n) is 17.3. The Hall–Kier alpha value is -2.41. The number of ether oxygens (including phenoxy) is 2. The number of pyridine rings is 1. The van der Waals surface area contributed by atoms with Gasteiger partial charge in [0.1, 0.15) is 17.5 Å². The summed E-state index contributed by atoms with van der Waals surface area (Å²) < 4.78 is 39.4. The highest BCUT2D eigenvalue weighted by molar-refractivity contribution is 6.30. The van der Waals surface area contributed by atoms with Gasteiger partial charge in [-0.2, -0.15) is 0 Å². The number of halogens is 3. The van der Waals surface area contributed by atoms with Crippen LogP contribution in [0.15, 0.2) is 30.3 Å². The van der Waals surface area contributed by atoms with Gasteiger partial charge in [0, 0.05) is 43.1 Å². The van der Waals surface area contributed by atoms with Crippen molar-refractivity contribution in [3.63, 3.8) is 0 Å². The van der Waals surface area contributed by atoms with Crippen LogP contribution in [-0.2, 0) is 11.2 Å². The second kappa shape index (κ2) is 9.16. The van der Waals surface area contributed by atoms with E-state index < -0.39 is 17.2 Å². The first-order valence-corrected chi connectivity index (χ1v) is 10.2. The molecule has 0 N–H and O–H groups in total. The summed E-state index contributed by atoms with van der Waals surface area (Å²) in [6.07, 6.45) is 0.634. The van der Waals surface area contributed by atoms with Crippen molar-refractivity contribution in [3.05, 3.63) is 58.2 Å². The summed E-state index contributed by atoms with van der Waals surface area (Å²) in [5, 5.41) is 0.310. The van der Waals surface area contributed by atoms with Gasteiger partial charge in [-0.1, -0.05) is 17.7 Å². The van der Waals surface area contributed by atoms with Crippen LogP contribution >= 0.6 is 11.6 Å². The third kappa shape index (κ3) is 6.05. The molecule has 0 bridgehead atoms. The molecule has 1 aromatic heterocycles. The second-order valence-corrected chi connectivity index (χ2v) is 8.72. The van der Waals surface area contributed by atoms with E-state index in [4.69, 9.17) is 21.1 Å². The summed E-state index contributed by atoms with van der Waals surface area (Å²) in [6.45, 7) is 6.36. The summed E-state index contributed by atoms with van der Waals surface area (Å²) in [5.41, 5.74) is 0.343. The van der Waals surface area contributed by atoms with Crippen LogP contribution in [0.4, 0.5) is 13.6 Å².